The van der Waals surface area contributed by atoms with Gasteiger partial charge in [0.2, 0.25) is 0 Å². The van der Waals surface area contributed by atoms with Crippen LogP contribution in [-0.4, -0.2) is 38.4 Å². The molecule has 108 valence electrons. The van der Waals surface area contributed by atoms with E-state index in [-0.39, 0.29) is 5.91 Å². The number of carbonyl (C=O) groups excluding carboxylic acids is 1. The van der Waals surface area contributed by atoms with E-state index >= 15 is 0 Å². The minimum Gasteiger partial charge on any atom is -0.376 e. The molecular formula is C15H18BrNO3. The number of carbonyl (C=O) groups is 1. The van der Waals surface area contributed by atoms with Gasteiger partial charge in [0.05, 0.1) is 25.5 Å². The number of hydrogen-bond donors (Lipinski definition) is 0. The van der Waals surface area contributed by atoms with Crippen molar-refractivity contribution >= 4 is 27.5 Å². The molecule has 0 N–H and O–H groups in total. The Morgan fingerprint density at radius 2 is 2.25 bits per heavy atom. The van der Waals surface area contributed by atoms with Crippen LogP contribution in [0.3, 0.4) is 0 Å². The maximum atomic E-state index is 12.7. The Hall–Kier alpha value is -0.910. The van der Waals surface area contributed by atoms with Gasteiger partial charge in [0, 0.05) is 11.0 Å². The van der Waals surface area contributed by atoms with Gasteiger partial charge in [-0.1, -0.05) is 12.1 Å². The van der Waals surface area contributed by atoms with E-state index in [9.17, 15) is 4.79 Å². The topological polar surface area (TPSA) is 38.8 Å². The Labute approximate surface area is 127 Å². The van der Waals surface area contributed by atoms with Crippen molar-refractivity contribution in [2.24, 2.45) is 0 Å². The maximum absolute atomic E-state index is 12.7. The van der Waals surface area contributed by atoms with Crippen LogP contribution in [0.2, 0.25) is 0 Å². The first kappa shape index (κ1) is 14.0. The van der Waals surface area contributed by atoms with Crippen molar-refractivity contribution in [1.82, 2.24) is 0 Å². The predicted molar refractivity (Wildman–Crippen MR) is 80.1 cm³/mol. The average Bonchev–Trinajstić information content (AvgIpc) is 2.50. The molecule has 1 saturated heterocycles. The fourth-order valence-corrected chi connectivity index (χ4v) is 3.36. The summed E-state index contributed by atoms with van der Waals surface area (Å²) in [6.45, 7) is 4.21. The van der Waals surface area contributed by atoms with Crippen molar-refractivity contribution < 1.29 is 14.3 Å². The zero-order valence-electron chi connectivity index (χ0n) is 11.5. The molecule has 0 aromatic heterocycles. The molecule has 2 aliphatic heterocycles. The molecule has 2 heterocycles. The molecule has 0 saturated carbocycles. The number of fused-ring (bicyclic) bond motifs is 1. The number of amides is 1. The first-order chi connectivity index (χ1) is 9.68. The minimum absolute atomic E-state index is 0.0111. The summed E-state index contributed by atoms with van der Waals surface area (Å²) < 4.78 is 11.9. The van der Waals surface area contributed by atoms with Gasteiger partial charge in [0.15, 0.2) is 6.10 Å². The number of anilines is 1. The Morgan fingerprint density at radius 3 is 3.00 bits per heavy atom. The van der Waals surface area contributed by atoms with Crippen LogP contribution >= 0.6 is 15.9 Å². The number of hydrogen-bond acceptors (Lipinski definition) is 3. The summed E-state index contributed by atoms with van der Waals surface area (Å²) in [5.41, 5.74) is 3.37. The van der Waals surface area contributed by atoms with E-state index in [1.165, 1.54) is 5.56 Å². The predicted octanol–water partition coefficient (Wildman–Crippen LogP) is 2.45. The molecule has 2 aliphatic rings. The lowest BCUT2D eigenvalue weighted by Gasteiger charge is -2.34. The van der Waals surface area contributed by atoms with Gasteiger partial charge in [0.1, 0.15) is 0 Å². The molecule has 0 spiro atoms. The summed E-state index contributed by atoms with van der Waals surface area (Å²) in [4.78, 5) is 14.5. The third-order valence-electron chi connectivity index (χ3n) is 3.85. The van der Waals surface area contributed by atoms with Crippen LogP contribution in [0.5, 0.6) is 0 Å². The SMILES string of the molecule is Cc1ccc2c(c1Br)N(C(=O)[C@@H]1COCCO1)CCC2. The zero-order valence-corrected chi connectivity index (χ0v) is 13.1. The molecule has 1 aromatic rings. The van der Waals surface area contributed by atoms with Gasteiger partial charge in [0.25, 0.3) is 5.91 Å². The van der Waals surface area contributed by atoms with Crippen molar-refractivity contribution in [2.75, 3.05) is 31.3 Å². The van der Waals surface area contributed by atoms with Crippen molar-refractivity contribution in [3.8, 4) is 0 Å². The van der Waals surface area contributed by atoms with Crippen LogP contribution in [0.15, 0.2) is 16.6 Å². The van der Waals surface area contributed by atoms with Gasteiger partial charge >= 0.3 is 0 Å². The second-order valence-corrected chi connectivity index (χ2v) is 6.02. The summed E-state index contributed by atoms with van der Waals surface area (Å²) in [5, 5.41) is 0. The van der Waals surface area contributed by atoms with Crippen molar-refractivity contribution in [3.63, 3.8) is 0 Å². The number of halogens is 1. The average molecular weight is 340 g/mol. The highest BCUT2D eigenvalue weighted by Crippen LogP contribution is 2.37. The van der Waals surface area contributed by atoms with E-state index in [2.05, 4.69) is 28.1 Å². The molecular weight excluding hydrogens is 322 g/mol. The van der Waals surface area contributed by atoms with Crippen LogP contribution in [-0.2, 0) is 20.7 Å². The van der Waals surface area contributed by atoms with Crippen LogP contribution in [0.4, 0.5) is 5.69 Å². The summed E-state index contributed by atoms with van der Waals surface area (Å²) >= 11 is 3.63. The Morgan fingerprint density at radius 1 is 1.40 bits per heavy atom. The number of nitrogens with zero attached hydrogens (tertiary/aromatic N) is 1. The molecule has 1 aromatic carbocycles. The van der Waals surface area contributed by atoms with Crippen LogP contribution in [0.25, 0.3) is 0 Å². The number of benzene rings is 1. The molecule has 20 heavy (non-hydrogen) atoms. The largest absolute Gasteiger partial charge is 0.376 e. The molecule has 0 bridgehead atoms. The molecule has 1 amide bonds. The fourth-order valence-electron chi connectivity index (χ4n) is 2.76. The highest BCUT2D eigenvalue weighted by molar-refractivity contribution is 9.10. The monoisotopic (exact) mass is 339 g/mol. The van der Waals surface area contributed by atoms with E-state index in [1.807, 2.05) is 11.8 Å². The molecule has 1 fully saturated rings. The summed E-state index contributed by atoms with van der Waals surface area (Å²) in [7, 11) is 0. The van der Waals surface area contributed by atoms with Crippen molar-refractivity contribution in [2.45, 2.75) is 25.9 Å². The second kappa shape index (κ2) is 5.84. The summed E-state index contributed by atoms with van der Waals surface area (Å²) in [6, 6.07) is 4.21. The second-order valence-electron chi connectivity index (χ2n) is 5.23. The molecule has 4 nitrogen and oxygen atoms in total. The molecule has 0 radical (unpaired) electrons. The van der Waals surface area contributed by atoms with E-state index in [0.29, 0.717) is 19.8 Å². The Balaban J connectivity index is 1.92. The molecule has 0 unspecified atom stereocenters. The maximum Gasteiger partial charge on any atom is 0.258 e. The first-order valence-electron chi connectivity index (χ1n) is 6.97. The van der Waals surface area contributed by atoms with Crippen molar-refractivity contribution in [3.05, 3.63) is 27.7 Å². The molecule has 1 atom stereocenters. The highest BCUT2D eigenvalue weighted by Gasteiger charge is 2.32. The minimum atomic E-state index is -0.470. The number of rotatable bonds is 1. The first-order valence-corrected chi connectivity index (χ1v) is 7.76. The third kappa shape index (κ3) is 2.50. The lowest BCUT2D eigenvalue weighted by atomic mass is 9.99. The number of ether oxygens (including phenoxy) is 2. The fraction of sp³-hybridized carbons (Fsp3) is 0.533. The third-order valence-corrected chi connectivity index (χ3v) is 4.85. The normalized spacial score (nSPS) is 22.5. The Bertz CT molecular complexity index is 526. The van der Waals surface area contributed by atoms with E-state index in [4.69, 9.17) is 9.47 Å². The zero-order chi connectivity index (χ0) is 14.1. The molecule has 3 rings (SSSR count). The molecule has 5 heteroatoms. The van der Waals surface area contributed by atoms with Crippen LogP contribution < -0.4 is 4.90 Å². The lowest BCUT2D eigenvalue weighted by Crippen LogP contribution is -2.47. The van der Waals surface area contributed by atoms with Gasteiger partial charge < -0.3 is 14.4 Å². The van der Waals surface area contributed by atoms with Gasteiger partial charge in [-0.2, -0.15) is 0 Å². The van der Waals surface area contributed by atoms with E-state index in [1.54, 1.807) is 0 Å². The van der Waals surface area contributed by atoms with Gasteiger partial charge in [-0.3, -0.25) is 4.79 Å². The van der Waals surface area contributed by atoms with Crippen molar-refractivity contribution in [1.29, 1.82) is 0 Å². The van der Waals surface area contributed by atoms with Crippen LogP contribution in [0, 0.1) is 6.92 Å². The van der Waals surface area contributed by atoms with E-state index in [0.717, 1.165) is 35.1 Å². The van der Waals surface area contributed by atoms with E-state index < -0.39 is 6.10 Å². The Kier molecular flexibility index (Phi) is 4.10. The lowest BCUT2D eigenvalue weighted by molar-refractivity contribution is -0.144. The quantitative estimate of drug-likeness (QED) is 0.788. The number of aryl methyl sites for hydroxylation is 2. The summed E-state index contributed by atoms with van der Waals surface area (Å²) in [6.07, 6.45) is 1.53. The van der Waals surface area contributed by atoms with Gasteiger partial charge in [-0.15, -0.1) is 0 Å². The smallest absolute Gasteiger partial charge is 0.258 e. The van der Waals surface area contributed by atoms with Gasteiger partial charge in [-0.25, -0.2) is 0 Å². The molecule has 0 aliphatic carbocycles. The highest BCUT2D eigenvalue weighted by atomic mass is 79.9. The van der Waals surface area contributed by atoms with Gasteiger partial charge in [-0.05, 0) is 46.8 Å². The standard InChI is InChI=1S/C15H18BrNO3/c1-10-4-5-11-3-2-6-17(14(11)13(10)16)15(18)12-9-19-7-8-20-12/h4-5,12H,2-3,6-9H2,1H3/t12-/m0/s1. The van der Waals surface area contributed by atoms with Crippen LogP contribution in [0.1, 0.15) is 17.5 Å². The summed E-state index contributed by atoms with van der Waals surface area (Å²) in [5.74, 6) is 0.0111.